The number of thioether (sulfide) groups is 1. The van der Waals surface area contributed by atoms with Gasteiger partial charge in [0.2, 0.25) is 5.16 Å². The molecule has 6 nitrogen and oxygen atoms in total. The third-order valence-electron chi connectivity index (χ3n) is 2.91. The molecule has 24 heavy (non-hydrogen) atoms. The maximum atomic E-state index is 11.9. The van der Waals surface area contributed by atoms with Crippen LogP contribution in [-0.4, -0.2) is 33.5 Å². The Morgan fingerprint density at radius 1 is 1.25 bits per heavy atom. The van der Waals surface area contributed by atoms with Gasteiger partial charge in [-0.2, -0.15) is 0 Å². The molecule has 0 aliphatic rings. The first-order valence-corrected chi connectivity index (χ1v) is 9.13. The standard InChI is InChI=1S/C16H15N3O3S2/c1-2-21-11-5-7-12(8-6-11)22-14(20)10-24-16-17-15(18-19-16)13-4-3-9-23-13/h3-9H,2,10H2,1H3,(H,17,18,19). The quantitative estimate of drug-likeness (QED) is 0.393. The first-order valence-electron chi connectivity index (χ1n) is 7.27. The molecule has 3 rings (SSSR count). The topological polar surface area (TPSA) is 77.1 Å². The molecule has 0 spiro atoms. The van der Waals surface area contributed by atoms with E-state index in [9.17, 15) is 4.79 Å². The number of benzene rings is 1. The molecule has 0 saturated heterocycles. The van der Waals surface area contributed by atoms with Gasteiger partial charge in [0.25, 0.3) is 0 Å². The summed E-state index contributed by atoms with van der Waals surface area (Å²) in [6, 6.07) is 10.8. The molecule has 1 aromatic carbocycles. The zero-order chi connectivity index (χ0) is 16.8. The number of H-pyrrole nitrogens is 1. The van der Waals surface area contributed by atoms with Crippen LogP contribution < -0.4 is 9.47 Å². The molecule has 2 heterocycles. The van der Waals surface area contributed by atoms with Crippen molar-refractivity contribution in [3.8, 4) is 22.2 Å². The van der Waals surface area contributed by atoms with Crippen molar-refractivity contribution in [3.05, 3.63) is 41.8 Å². The maximum Gasteiger partial charge on any atom is 0.321 e. The highest BCUT2D eigenvalue weighted by Gasteiger charge is 2.11. The summed E-state index contributed by atoms with van der Waals surface area (Å²) in [5, 5.41) is 9.44. The number of thiophene rings is 1. The zero-order valence-corrected chi connectivity index (χ0v) is 14.5. The van der Waals surface area contributed by atoms with Crippen molar-refractivity contribution in [2.24, 2.45) is 0 Å². The SMILES string of the molecule is CCOc1ccc(OC(=O)CSc2n[nH]c(-c3cccs3)n2)cc1. The minimum absolute atomic E-state index is 0.134. The van der Waals surface area contributed by atoms with Crippen molar-refractivity contribution >= 4 is 29.1 Å². The van der Waals surface area contributed by atoms with Crippen molar-refractivity contribution in [1.29, 1.82) is 0 Å². The van der Waals surface area contributed by atoms with Crippen molar-refractivity contribution in [1.82, 2.24) is 15.2 Å². The highest BCUT2D eigenvalue weighted by atomic mass is 32.2. The Kier molecular flexibility index (Phi) is 5.50. The van der Waals surface area contributed by atoms with E-state index in [0.717, 1.165) is 10.6 Å². The molecule has 124 valence electrons. The Morgan fingerprint density at radius 3 is 2.75 bits per heavy atom. The number of hydrogen-bond donors (Lipinski definition) is 1. The van der Waals surface area contributed by atoms with E-state index < -0.39 is 0 Å². The van der Waals surface area contributed by atoms with E-state index in [1.807, 2.05) is 24.4 Å². The van der Waals surface area contributed by atoms with E-state index in [2.05, 4.69) is 15.2 Å². The molecule has 0 bridgehead atoms. The van der Waals surface area contributed by atoms with Crippen LogP contribution >= 0.6 is 23.1 Å². The molecule has 0 fully saturated rings. The van der Waals surface area contributed by atoms with Crippen LogP contribution in [0.4, 0.5) is 0 Å². The molecule has 0 atom stereocenters. The molecule has 3 aromatic rings. The van der Waals surface area contributed by atoms with E-state index in [-0.39, 0.29) is 11.7 Å². The van der Waals surface area contributed by atoms with Crippen LogP contribution in [-0.2, 0) is 4.79 Å². The van der Waals surface area contributed by atoms with Gasteiger partial charge in [-0.1, -0.05) is 17.8 Å². The first kappa shape index (κ1) is 16.5. The van der Waals surface area contributed by atoms with Crippen LogP contribution in [0.3, 0.4) is 0 Å². The number of aromatic amines is 1. The van der Waals surface area contributed by atoms with Gasteiger partial charge >= 0.3 is 5.97 Å². The monoisotopic (exact) mass is 361 g/mol. The fourth-order valence-electron chi connectivity index (χ4n) is 1.89. The number of nitrogens with zero attached hydrogens (tertiary/aromatic N) is 2. The lowest BCUT2D eigenvalue weighted by Gasteiger charge is -2.05. The highest BCUT2D eigenvalue weighted by molar-refractivity contribution is 7.99. The normalized spacial score (nSPS) is 10.5. The van der Waals surface area contributed by atoms with Crippen LogP contribution in [0, 0.1) is 0 Å². The van der Waals surface area contributed by atoms with Crippen LogP contribution in [0.25, 0.3) is 10.7 Å². The third kappa shape index (κ3) is 4.36. The van der Waals surface area contributed by atoms with Crippen LogP contribution in [0.5, 0.6) is 11.5 Å². The molecule has 0 radical (unpaired) electrons. The number of hydrogen-bond acceptors (Lipinski definition) is 7. The summed E-state index contributed by atoms with van der Waals surface area (Å²) in [4.78, 5) is 17.2. The van der Waals surface area contributed by atoms with Gasteiger partial charge in [0.05, 0.1) is 17.2 Å². The molecular weight excluding hydrogens is 346 g/mol. The Balaban J connectivity index is 1.50. The molecule has 0 amide bonds. The fraction of sp³-hybridized carbons (Fsp3) is 0.188. The molecule has 8 heteroatoms. The number of ether oxygens (including phenoxy) is 2. The van der Waals surface area contributed by atoms with Crippen LogP contribution in [0.2, 0.25) is 0 Å². The van der Waals surface area contributed by atoms with Gasteiger partial charge in [-0.05, 0) is 42.6 Å². The number of aromatic nitrogens is 3. The summed E-state index contributed by atoms with van der Waals surface area (Å²) >= 11 is 2.80. The predicted molar refractivity (Wildman–Crippen MR) is 93.7 cm³/mol. The summed E-state index contributed by atoms with van der Waals surface area (Å²) in [6.07, 6.45) is 0. The van der Waals surface area contributed by atoms with Gasteiger partial charge in [0.1, 0.15) is 11.5 Å². The molecule has 0 saturated carbocycles. The summed E-state index contributed by atoms with van der Waals surface area (Å²) in [6.45, 7) is 2.51. The molecule has 0 unspecified atom stereocenters. The van der Waals surface area contributed by atoms with Crippen molar-refractivity contribution in [2.45, 2.75) is 12.1 Å². The second-order valence-corrected chi connectivity index (χ2v) is 6.50. The van der Waals surface area contributed by atoms with Gasteiger partial charge in [-0.25, -0.2) is 4.98 Å². The van der Waals surface area contributed by atoms with Gasteiger partial charge in [0, 0.05) is 0 Å². The lowest BCUT2D eigenvalue weighted by atomic mass is 10.3. The number of nitrogens with one attached hydrogen (secondary N) is 1. The molecule has 0 aliphatic carbocycles. The summed E-state index contributed by atoms with van der Waals surface area (Å²) in [5.74, 6) is 1.71. The largest absolute Gasteiger partial charge is 0.494 e. The molecule has 0 aliphatic heterocycles. The van der Waals surface area contributed by atoms with Gasteiger partial charge < -0.3 is 9.47 Å². The first-order chi connectivity index (χ1) is 11.7. The van der Waals surface area contributed by atoms with E-state index in [1.54, 1.807) is 35.6 Å². The Morgan fingerprint density at radius 2 is 2.04 bits per heavy atom. The highest BCUT2D eigenvalue weighted by Crippen LogP contribution is 2.23. The average Bonchev–Trinajstić information content (AvgIpc) is 3.26. The van der Waals surface area contributed by atoms with Gasteiger partial charge in [-0.15, -0.1) is 16.4 Å². The van der Waals surface area contributed by atoms with Gasteiger partial charge in [-0.3, -0.25) is 9.89 Å². The van der Waals surface area contributed by atoms with E-state index in [0.29, 0.717) is 23.3 Å². The average molecular weight is 361 g/mol. The summed E-state index contributed by atoms with van der Waals surface area (Å²) in [7, 11) is 0. The lowest BCUT2D eigenvalue weighted by molar-refractivity contribution is -0.131. The zero-order valence-electron chi connectivity index (χ0n) is 12.9. The van der Waals surface area contributed by atoms with E-state index >= 15 is 0 Å². The number of carbonyl (C=O) groups is 1. The third-order valence-corrected chi connectivity index (χ3v) is 4.60. The molecule has 1 N–H and O–H groups in total. The number of carbonyl (C=O) groups excluding carboxylic acids is 1. The molecule has 2 aromatic heterocycles. The minimum Gasteiger partial charge on any atom is -0.494 e. The Bertz CT molecular complexity index is 785. The predicted octanol–water partition coefficient (Wildman–Crippen LogP) is 3.63. The fourth-order valence-corrected chi connectivity index (χ4v) is 3.13. The van der Waals surface area contributed by atoms with E-state index in [4.69, 9.17) is 9.47 Å². The second kappa shape index (κ2) is 7.98. The van der Waals surface area contributed by atoms with Gasteiger partial charge in [0.15, 0.2) is 5.82 Å². The van der Waals surface area contributed by atoms with E-state index in [1.165, 1.54) is 11.8 Å². The summed E-state index contributed by atoms with van der Waals surface area (Å²) < 4.78 is 10.6. The van der Waals surface area contributed by atoms with Crippen molar-refractivity contribution < 1.29 is 14.3 Å². The van der Waals surface area contributed by atoms with Crippen molar-refractivity contribution in [3.63, 3.8) is 0 Å². The molecular formula is C16H15N3O3S2. The van der Waals surface area contributed by atoms with Crippen LogP contribution in [0.15, 0.2) is 46.9 Å². The smallest absolute Gasteiger partial charge is 0.321 e. The summed E-state index contributed by atoms with van der Waals surface area (Å²) in [5.41, 5.74) is 0. The second-order valence-electron chi connectivity index (χ2n) is 4.61. The van der Waals surface area contributed by atoms with Crippen LogP contribution in [0.1, 0.15) is 6.92 Å². The lowest BCUT2D eigenvalue weighted by Crippen LogP contribution is -2.10. The van der Waals surface area contributed by atoms with Crippen molar-refractivity contribution in [2.75, 3.05) is 12.4 Å². The Labute approximate surface area is 147 Å². The number of rotatable bonds is 7. The maximum absolute atomic E-state index is 11.9. The minimum atomic E-state index is -0.355. The number of esters is 1. The Hall–Kier alpha value is -2.32.